The van der Waals surface area contributed by atoms with E-state index in [-0.39, 0.29) is 12.3 Å². The number of carbonyl (C=O) groups is 2. The highest BCUT2D eigenvalue weighted by Crippen LogP contribution is 2.11. The highest BCUT2D eigenvalue weighted by atomic mass is 16.5. The first kappa shape index (κ1) is 12.0. The average Bonchev–Trinajstić information content (AvgIpc) is 2.29. The summed E-state index contributed by atoms with van der Waals surface area (Å²) in [5.74, 6) is 0.389. The van der Waals surface area contributed by atoms with Gasteiger partial charge in [-0.05, 0) is 17.7 Å². The van der Waals surface area contributed by atoms with Crippen LogP contribution >= 0.6 is 0 Å². The molecule has 1 aromatic carbocycles. The molecule has 0 unspecified atom stereocenters. The Labute approximate surface area is 93.8 Å². The zero-order chi connectivity index (χ0) is 12.0. The third-order valence-electron chi connectivity index (χ3n) is 2.00. The number of benzene rings is 1. The number of ether oxygens (including phenoxy) is 1. The largest absolute Gasteiger partial charge is 0.497 e. The molecule has 2 N–H and O–H groups in total. The van der Waals surface area contributed by atoms with Gasteiger partial charge in [0.2, 0.25) is 5.91 Å². The Morgan fingerprint density at radius 3 is 2.38 bits per heavy atom. The van der Waals surface area contributed by atoms with E-state index in [9.17, 15) is 9.59 Å². The van der Waals surface area contributed by atoms with Crippen molar-refractivity contribution >= 4 is 11.9 Å². The lowest BCUT2D eigenvalue weighted by Gasteiger charge is -2.04. The number of carbonyl (C=O) groups excluding carboxylic acids is 2. The minimum absolute atomic E-state index is 0.164. The van der Waals surface area contributed by atoms with E-state index in [1.54, 1.807) is 31.4 Å². The molecule has 5 nitrogen and oxygen atoms in total. The first-order valence-electron chi connectivity index (χ1n) is 4.80. The quantitative estimate of drug-likeness (QED) is 0.790. The van der Waals surface area contributed by atoms with Gasteiger partial charge < -0.3 is 10.1 Å². The van der Waals surface area contributed by atoms with E-state index in [1.807, 2.05) is 0 Å². The number of rotatable bonds is 3. The fraction of sp³-hybridized carbons (Fsp3) is 0.273. The zero-order valence-electron chi connectivity index (χ0n) is 9.24. The lowest BCUT2D eigenvalue weighted by molar-refractivity contribution is -0.119. The fourth-order valence-corrected chi connectivity index (χ4v) is 1.16. The molecule has 1 rings (SSSR count). The summed E-state index contributed by atoms with van der Waals surface area (Å²) in [4.78, 5) is 22.2. The van der Waals surface area contributed by atoms with Crippen molar-refractivity contribution in [3.8, 4) is 5.75 Å². The highest BCUT2D eigenvalue weighted by molar-refractivity contribution is 5.95. The molecule has 0 atom stereocenters. The number of hydrogen-bond donors (Lipinski definition) is 2. The minimum atomic E-state index is -0.501. The van der Waals surface area contributed by atoms with Crippen LogP contribution in [-0.4, -0.2) is 26.1 Å². The Bertz CT molecular complexity index is 373. The van der Waals surface area contributed by atoms with E-state index < -0.39 is 6.03 Å². The second-order valence-electron chi connectivity index (χ2n) is 3.15. The minimum Gasteiger partial charge on any atom is -0.497 e. The van der Waals surface area contributed by atoms with E-state index in [2.05, 4.69) is 10.6 Å². The summed E-state index contributed by atoms with van der Waals surface area (Å²) in [6.45, 7) is 0. The van der Waals surface area contributed by atoms with Crippen molar-refractivity contribution in [2.24, 2.45) is 0 Å². The van der Waals surface area contributed by atoms with E-state index in [0.717, 1.165) is 11.3 Å². The molecule has 0 aliphatic rings. The van der Waals surface area contributed by atoms with Crippen molar-refractivity contribution in [1.82, 2.24) is 10.6 Å². The van der Waals surface area contributed by atoms with Crippen molar-refractivity contribution in [2.75, 3.05) is 14.2 Å². The normalized spacial score (nSPS) is 9.38. The maximum absolute atomic E-state index is 11.3. The summed E-state index contributed by atoms with van der Waals surface area (Å²) in [5.41, 5.74) is 0.821. The second-order valence-corrected chi connectivity index (χ2v) is 3.15. The molecule has 1 aromatic rings. The van der Waals surface area contributed by atoms with Gasteiger partial charge in [0.15, 0.2) is 0 Å². The molecule has 0 radical (unpaired) electrons. The fourth-order valence-electron chi connectivity index (χ4n) is 1.16. The van der Waals surface area contributed by atoms with Crippen LogP contribution < -0.4 is 15.4 Å². The van der Waals surface area contributed by atoms with E-state index >= 15 is 0 Å². The van der Waals surface area contributed by atoms with Crippen LogP contribution in [0, 0.1) is 0 Å². The van der Waals surface area contributed by atoms with Crippen LogP contribution in [0.5, 0.6) is 5.75 Å². The highest BCUT2D eigenvalue weighted by Gasteiger charge is 2.06. The van der Waals surface area contributed by atoms with Gasteiger partial charge in [-0.3, -0.25) is 10.1 Å². The van der Waals surface area contributed by atoms with Crippen LogP contribution in [-0.2, 0) is 11.2 Å². The number of imide groups is 1. The number of methoxy groups -OCH3 is 1. The maximum atomic E-state index is 11.3. The summed E-state index contributed by atoms with van der Waals surface area (Å²) in [6.07, 6.45) is 0.164. The molecule has 0 heterocycles. The van der Waals surface area contributed by atoms with Gasteiger partial charge in [0, 0.05) is 7.05 Å². The zero-order valence-corrected chi connectivity index (χ0v) is 9.24. The summed E-state index contributed by atoms with van der Waals surface area (Å²) >= 11 is 0. The Hall–Kier alpha value is -2.04. The third kappa shape index (κ3) is 3.61. The molecule has 3 amide bonds. The van der Waals surface area contributed by atoms with Gasteiger partial charge >= 0.3 is 6.03 Å². The standard InChI is InChI=1S/C11H14N2O3/c1-12-11(15)13-10(14)7-8-3-5-9(16-2)6-4-8/h3-6H,7H2,1-2H3,(H2,12,13,14,15). The van der Waals surface area contributed by atoms with Gasteiger partial charge in [-0.2, -0.15) is 0 Å². The number of nitrogens with one attached hydrogen (secondary N) is 2. The van der Waals surface area contributed by atoms with Crippen molar-refractivity contribution in [2.45, 2.75) is 6.42 Å². The Morgan fingerprint density at radius 1 is 1.25 bits per heavy atom. The molecule has 16 heavy (non-hydrogen) atoms. The predicted octanol–water partition coefficient (Wildman–Crippen LogP) is 0.693. The third-order valence-corrected chi connectivity index (χ3v) is 2.00. The monoisotopic (exact) mass is 222 g/mol. The van der Waals surface area contributed by atoms with Gasteiger partial charge in [-0.15, -0.1) is 0 Å². The number of amides is 3. The van der Waals surface area contributed by atoms with E-state index in [4.69, 9.17) is 4.74 Å². The molecular weight excluding hydrogens is 208 g/mol. The molecule has 0 aromatic heterocycles. The van der Waals surface area contributed by atoms with Crippen molar-refractivity contribution in [1.29, 1.82) is 0 Å². The lowest BCUT2D eigenvalue weighted by Crippen LogP contribution is -2.38. The molecule has 0 saturated heterocycles. The molecule has 5 heteroatoms. The Balaban J connectivity index is 2.52. The van der Waals surface area contributed by atoms with Gasteiger partial charge in [0.05, 0.1) is 13.5 Å². The average molecular weight is 222 g/mol. The van der Waals surface area contributed by atoms with Crippen LogP contribution in [0.1, 0.15) is 5.56 Å². The molecule has 0 spiro atoms. The molecule has 0 aliphatic carbocycles. The molecule has 0 bridgehead atoms. The summed E-state index contributed by atoms with van der Waals surface area (Å²) in [6, 6.07) is 6.59. The Kier molecular flexibility index (Phi) is 4.32. The SMILES string of the molecule is CNC(=O)NC(=O)Cc1ccc(OC)cc1. The van der Waals surface area contributed by atoms with Gasteiger partial charge in [0.25, 0.3) is 0 Å². The summed E-state index contributed by atoms with van der Waals surface area (Å²) in [5, 5.41) is 4.50. The summed E-state index contributed by atoms with van der Waals surface area (Å²) < 4.78 is 4.99. The predicted molar refractivity (Wildman–Crippen MR) is 59.3 cm³/mol. The van der Waals surface area contributed by atoms with E-state index in [0.29, 0.717) is 0 Å². The van der Waals surface area contributed by atoms with Crippen molar-refractivity contribution in [3.05, 3.63) is 29.8 Å². The molecule has 0 fully saturated rings. The lowest BCUT2D eigenvalue weighted by atomic mass is 10.1. The van der Waals surface area contributed by atoms with Crippen LogP contribution in [0.3, 0.4) is 0 Å². The van der Waals surface area contributed by atoms with Crippen LogP contribution in [0.15, 0.2) is 24.3 Å². The van der Waals surface area contributed by atoms with Gasteiger partial charge in [-0.25, -0.2) is 4.79 Å². The number of urea groups is 1. The van der Waals surface area contributed by atoms with Crippen LogP contribution in [0.4, 0.5) is 4.79 Å². The smallest absolute Gasteiger partial charge is 0.321 e. The van der Waals surface area contributed by atoms with Crippen molar-refractivity contribution in [3.63, 3.8) is 0 Å². The molecule has 0 saturated carbocycles. The van der Waals surface area contributed by atoms with Gasteiger partial charge in [0.1, 0.15) is 5.75 Å². The molecular formula is C11H14N2O3. The molecule has 86 valence electrons. The van der Waals surface area contributed by atoms with Crippen molar-refractivity contribution < 1.29 is 14.3 Å². The van der Waals surface area contributed by atoms with Crippen LogP contribution in [0.25, 0.3) is 0 Å². The van der Waals surface area contributed by atoms with E-state index in [1.165, 1.54) is 7.05 Å². The number of hydrogen-bond acceptors (Lipinski definition) is 3. The van der Waals surface area contributed by atoms with Crippen LogP contribution in [0.2, 0.25) is 0 Å². The Morgan fingerprint density at radius 2 is 1.88 bits per heavy atom. The topological polar surface area (TPSA) is 67.4 Å². The van der Waals surface area contributed by atoms with Gasteiger partial charge in [-0.1, -0.05) is 12.1 Å². The summed E-state index contributed by atoms with van der Waals surface area (Å²) in [7, 11) is 3.03. The first-order valence-corrected chi connectivity index (χ1v) is 4.80. The maximum Gasteiger partial charge on any atom is 0.321 e. The second kappa shape index (κ2) is 5.75. The molecule has 0 aliphatic heterocycles. The first-order chi connectivity index (χ1) is 7.65.